The summed E-state index contributed by atoms with van der Waals surface area (Å²) in [6.45, 7) is 2.84. The largest absolute Gasteiger partial charge is 0.481 e. The third-order valence-electron chi connectivity index (χ3n) is 3.13. The Morgan fingerprint density at radius 3 is 2.53 bits per heavy atom. The average Bonchev–Trinajstić information content (AvgIpc) is 2.30. The van der Waals surface area contributed by atoms with E-state index in [9.17, 15) is 9.59 Å². The predicted octanol–water partition coefficient (Wildman–Crippen LogP) is 1.84. The number of carbonyl (C=O) groups excluding carboxylic acids is 1. The number of carbonyl (C=O) groups is 2. The van der Waals surface area contributed by atoms with E-state index in [1.807, 2.05) is 18.7 Å². The summed E-state index contributed by atoms with van der Waals surface area (Å²) < 4.78 is 0. The fraction of sp³-hybridized carbons (Fsp3) is 0.833. The molecule has 0 aliphatic carbocycles. The molecule has 1 amide bonds. The van der Waals surface area contributed by atoms with Gasteiger partial charge in [0.25, 0.3) is 0 Å². The van der Waals surface area contributed by atoms with Crippen LogP contribution in [0.2, 0.25) is 0 Å². The molecular weight excluding hydrogens is 238 g/mol. The van der Waals surface area contributed by atoms with Gasteiger partial charge in [-0.2, -0.15) is 11.8 Å². The van der Waals surface area contributed by atoms with E-state index in [4.69, 9.17) is 5.11 Å². The van der Waals surface area contributed by atoms with Crippen molar-refractivity contribution in [1.82, 2.24) is 4.90 Å². The van der Waals surface area contributed by atoms with Crippen LogP contribution in [0.4, 0.5) is 0 Å². The molecule has 1 saturated heterocycles. The van der Waals surface area contributed by atoms with Crippen LogP contribution in [0.5, 0.6) is 0 Å². The van der Waals surface area contributed by atoms with Crippen LogP contribution in [0.1, 0.15) is 32.6 Å². The first-order valence-electron chi connectivity index (χ1n) is 6.20. The Morgan fingerprint density at radius 2 is 2.00 bits per heavy atom. The Morgan fingerprint density at radius 1 is 1.35 bits per heavy atom. The molecule has 0 aromatic heterocycles. The molecule has 1 heterocycles. The maximum atomic E-state index is 12.0. The summed E-state index contributed by atoms with van der Waals surface area (Å²) >= 11 is 1.95. The van der Waals surface area contributed by atoms with E-state index >= 15 is 0 Å². The lowest BCUT2D eigenvalue weighted by Crippen LogP contribution is -2.34. The van der Waals surface area contributed by atoms with Crippen LogP contribution in [0, 0.1) is 5.92 Å². The summed E-state index contributed by atoms with van der Waals surface area (Å²) in [5, 5.41) is 8.62. The molecule has 1 aliphatic heterocycles. The lowest BCUT2D eigenvalue weighted by Gasteiger charge is -2.25. The minimum Gasteiger partial charge on any atom is -0.481 e. The van der Waals surface area contributed by atoms with Crippen molar-refractivity contribution < 1.29 is 14.7 Å². The summed E-state index contributed by atoms with van der Waals surface area (Å²) in [4.78, 5) is 24.1. The molecule has 0 bridgehead atoms. The Balaban J connectivity index is 2.34. The van der Waals surface area contributed by atoms with Gasteiger partial charge in [0.05, 0.1) is 6.42 Å². The maximum Gasteiger partial charge on any atom is 0.305 e. The molecule has 0 aromatic carbocycles. The standard InChI is InChI=1S/C12H21NO3S/c1-2-13(6-3-12(15)16)11(14)9-10-4-7-17-8-5-10/h10H,2-9H2,1H3,(H,15,16). The molecule has 0 atom stereocenters. The zero-order valence-corrected chi connectivity index (χ0v) is 11.2. The van der Waals surface area contributed by atoms with Gasteiger partial charge in [-0.15, -0.1) is 0 Å². The number of rotatable bonds is 6. The Bertz CT molecular complexity index is 264. The van der Waals surface area contributed by atoms with E-state index in [0.29, 0.717) is 25.4 Å². The molecule has 1 fully saturated rings. The molecule has 1 aliphatic rings. The van der Waals surface area contributed by atoms with E-state index < -0.39 is 5.97 Å². The van der Waals surface area contributed by atoms with Crippen molar-refractivity contribution in [3.8, 4) is 0 Å². The number of carboxylic acid groups (broad SMARTS) is 1. The predicted molar refractivity (Wildman–Crippen MR) is 69.2 cm³/mol. The molecule has 17 heavy (non-hydrogen) atoms. The number of amides is 1. The van der Waals surface area contributed by atoms with Crippen LogP contribution in [0.3, 0.4) is 0 Å². The van der Waals surface area contributed by atoms with Crippen molar-refractivity contribution in [3.63, 3.8) is 0 Å². The topological polar surface area (TPSA) is 57.6 Å². The second-order valence-electron chi connectivity index (χ2n) is 4.38. The fourth-order valence-electron chi connectivity index (χ4n) is 2.02. The van der Waals surface area contributed by atoms with Crippen molar-refractivity contribution >= 4 is 23.6 Å². The third kappa shape index (κ3) is 5.44. The monoisotopic (exact) mass is 259 g/mol. The van der Waals surface area contributed by atoms with Gasteiger partial charge >= 0.3 is 5.97 Å². The van der Waals surface area contributed by atoms with Gasteiger partial charge in [-0.1, -0.05) is 0 Å². The summed E-state index contributed by atoms with van der Waals surface area (Å²) in [6, 6.07) is 0. The van der Waals surface area contributed by atoms with Gasteiger partial charge in [-0.25, -0.2) is 0 Å². The van der Waals surface area contributed by atoms with Gasteiger partial charge in [0.2, 0.25) is 5.91 Å². The molecule has 0 saturated carbocycles. The van der Waals surface area contributed by atoms with Crippen molar-refractivity contribution in [3.05, 3.63) is 0 Å². The SMILES string of the molecule is CCN(CCC(=O)O)C(=O)CC1CCSCC1. The van der Waals surface area contributed by atoms with Gasteiger partial charge in [0.1, 0.15) is 0 Å². The van der Waals surface area contributed by atoms with Crippen molar-refractivity contribution in [2.75, 3.05) is 24.6 Å². The molecular formula is C12H21NO3S. The molecule has 0 aromatic rings. The minimum absolute atomic E-state index is 0.0418. The summed E-state index contributed by atoms with van der Waals surface area (Å²) in [5.41, 5.74) is 0. The van der Waals surface area contributed by atoms with E-state index in [-0.39, 0.29) is 12.3 Å². The number of hydrogen-bond donors (Lipinski definition) is 1. The fourth-order valence-corrected chi connectivity index (χ4v) is 3.22. The Labute approximate surface area is 107 Å². The summed E-state index contributed by atoms with van der Waals surface area (Å²) in [5.74, 6) is 2.08. The first kappa shape index (κ1) is 14.4. The quantitative estimate of drug-likeness (QED) is 0.791. The second kappa shape index (κ2) is 7.58. The zero-order chi connectivity index (χ0) is 12.7. The highest BCUT2D eigenvalue weighted by Crippen LogP contribution is 2.25. The first-order chi connectivity index (χ1) is 8.13. The molecule has 5 heteroatoms. The molecule has 98 valence electrons. The molecule has 0 spiro atoms. The number of aliphatic carboxylic acids is 1. The summed E-state index contributed by atoms with van der Waals surface area (Å²) in [6.07, 6.45) is 2.87. The molecule has 0 radical (unpaired) electrons. The van der Waals surface area contributed by atoms with Gasteiger partial charge in [-0.05, 0) is 37.2 Å². The van der Waals surface area contributed by atoms with Gasteiger partial charge in [0, 0.05) is 19.5 Å². The van der Waals surface area contributed by atoms with Crippen molar-refractivity contribution in [2.45, 2.75) is 32.6 Å². The zero-order valence-electron chi connectivity index (χ0n) is 10.4. The lowest BCUT2D eigenvalue weighted by molar-refractivity contribution is -0.138. The van der Waals surface area contributed by atoms with E-state index in [2.05, 4.69) is 0 Å². The Kier molecular flexibility index (Phi) is 6.40. The maximum absolute atomic E-state index is 12.0. The normalized spacial score (nSPS) is 16.8. The lowest BCUT2D eigenvalue weighted by atomic mass is 9.98. The Hall–Kier alpha value is -0.710. The number of carboxylic acids is 1. The minimum atomic E-state index is -0.842. The van der Waals surface area contributed by atoms with E-state index in [1.165, 1.54) is 0 Å². The highest BCUT2D eigenvalue weighted by atomic mass is 32.2. The van der Waals surface area contributed by atoms with E-state index in [1.54, 1.807) is 4.90 Å². The smallest absolute Gasteiger partial charge is 0.305 e. The number of thioether (sulfide) groups is 1. The van der Waals surface area contributed by atoms with Gasteiger partial charge in [-0.3, -0.25) is 9.59 Å². The summed E-state index contributed by atoms with van der Waals surface area (Å²) in [7, 11) is 0. The average molecular weight is 259 g/mol. The van der Waals surface area contributed by atoms with Crippen LogP contribution in [0.25, 0.3) is 0 Å². The van der Waals surface area contributed by atoms with Crippen LogP contribution < -0.4 is 0 Å². The first-order valence-corrected chi connectivity index (χ1v) is 7.36. The third-order valence-corrected chi connectivity index (χ3v) is 4.18. The van der Waals surface area contributed by atoms with Crippen LogP contribution in [-0.4, -0.2) is 46.5 Å². The van der Waals surface area contributed by atoms with Gasteiger partial charge in [0.15, 0.2) is 0 Å². The molecule has 0 unspecified atom stereocenters. The van der Waals surface area contributed by atoms with E-state index in [0.717, 1.165) is 24.3 Å². The van der Waals surface area contributed by atoms with Crippen molar-refractivity contribution in [2.24, 2.45) is 5.92 Å². The number of hydrogen-bond acceptors (Lipinski definition) is 3. The van der Waals surface area contributed by atoms with Crippen molar-refractivity contribution in [1.29, 1.82) is 0 Å². The molecule has 1 N–H and O–H groups in total. The highest BCUT2D eigenvalue weighted by Gasteiger charge is 2.20. The highest BCUT2D eigenvalue weighted by molar-refractivity contribution is 7.99. The molecule has 4 nitrogen and oxygen atoms in total. The molecule has 1 rings (SSSR count). The van der Waals surface area contributed by atoms with Crippen LogP contribution in [-0.2, 0) is 9.59 Å². The van der Waals surface area contributed by atoms with Crippen LogP contribution >= 0.6 is 11.8 Å². The van der Waals surface area contributed by atoms with Gasteiger partial charge < -0.3 is 10.0 Å². The second-order valence-corrected chi connectivity index (χ2v) is 5.60. The van der Waals surface area contributed by atoms with Crippen LogP contribution in [0.15, 0.2) is 0 Å². The number of nitrogens with zero attached hydrogens (tertiary/aromatic N) is 1.